The van der Waals surface area contributed by atoms with E-state index in [0.717, 1.165) is 10.7 Å². The lowest BCUT2D eigenvalue weighted by atomic mass is 10.0. The number of aromatic nitrogens is 2. The van der Waals surface area contributed by atoms with Crippen LogP contribution in [-0.2, 0) is 17.5 Å². The monoisotopic (exact) mass is 611 g/mol. The molecule has 1 amide bonds. The van der Waals surface area contributed by atoms with Gasteiger partial charge in [-0.15, -0.1) is 0 Å². The summed E-state index contributed by atoms with van der Waals surface area (Å²) in [6.07, 6.45) is -4.74. The van der Waals surface area contributed by atoms with Gasteiger partial charge in [0.25, 0.3) is 5.91 Å². The molecular formula is C32H23F6N3O3. The molecule has 1 aliphatic heterocycles. The van der Waals surface area contributed by atoms with Crippen molar-refractivity contribution in [1.82, 2.24) is 14.7 Å². The zero-order chi connectivity index (χ0) is 31.0. The van der Waals surface area contributed by atoms with Gasteiger partial charge in [-0.25, -0.2) is 13.2 Å². The molecule has 44 heavy (non-hydrogen) atoms. The lowest BCUT2D eigenvalue weighted by Gasteiger charge is -2.26. The molecule has 6 rings (SSSR count). The van der Waals surface area contributed by atoms with Crippen molar-refractivity contribution in [3.05, 3.63) is 113 Å². The highest BCUT2D eigenvalue weighted by atomic mass is 19.4. The van der Waals surface area contributed by atoms with Crippen molar-refractivity contribution in [2.45, 2.75) is 12.7 Å². The van der Waals surface area contributed by atoms with Crippen molar-refractivity contribution in [1.29, 1.82) is 0 Å². The van der Waals surface area contributed by atoms with Gasteiger partial charge in [0.05, 0.1) is 31.0 Å². The maximum atomic E-state index is 14.6. The summed E-state index contributed by atoms with van der Waals surface area (Å²) in [6.45, 7) is 1.31. The average molecular weight is 612 g/mol. The number of alkyl halides is 3. The van der Waals surface area contributed by atoms with Crippen molar-refractivity contribution in [3.63, 3.8) is 0 Å². The smallest absolute Gasteiger partial charge is 0.418 e. The molecule has 5 aromatic rings. The number of rotatable bonds is 6. The van der Waals surface area contributed by atoms with Crippen molar-refractivity contribution < 1.29 is 40.6 Å². The molecule has 226 valence electrons. The van der Waals surface area contributed by atoms with Gasteiger partial charge in [-0.05, 0) is 48.5 Å². The molecule has 1 aliphatic rings. The van der Waals surface area contributed by atoms with Gasteiger partial charge in [0.1, 0.15) is 34.5 Å². The van der Waals surface area contributed by atoms with E-state index < -0.39 is 46.8 Å². The first-order valence-corrected chi connectivity index (χ1v) is 13.5. The number of carbonyl (C=O) groups is 1. The van der Waals surface area contributed by atoms with E-state index in [-0.39, 0.29) is 17.0 Å². The zero-order valence-electron chi connectivity index (χ0n) is 22.9. The van der Waals surface area contributed by atoms with Gasteiger partial charge < -0.3 is 14.4 Å². The number of ether oxygens (including phenoxy) is 2. The Balaban J connectivity index is 1.34. The zero-order valence-corrected chi connectivity index (χ0v) is 22.9. The van der Waals surface area contributed by atoms with Gasteiger partial charge in [0.15, 0.2) is 0 Å². The minimum atomic E-state index is -4.74. The third-order valence-electron chi connectivity index (χ3n) is 7.23. The summed E-state index contributed by atoms with van der Waals surface area (Å²) in [4.78, 5) is 14.6. The number of hydrogen-bond donors (Lipinski definition) is 0. The third-order valence-corrected chi connectivity index (χ3v) is 7.23. The number of nitrogens with zero attached hydrogens (tertiary/aromatic N) is 3. The van der Waals surface area contributed by atoms with E-state index in [4.69, 9.17) is 9.47 Å². The quantitative estimate of drug-likeness (QED) is 0.187. The topological polar surface area (TPSA) is 56.6 Å². The van der Waals surface area contributed by atoms with Gasteiger partial charge in [0, 0.05) is 47.3 Å². The highest BCUT2D eigenvalue weighted by Crippen LogP contribution is 2.39. The van der Waals surface area contributed by atoms with Gasteiger partial charge in [-0.1, -0.05) is 18.2 Å². The molecule has 1 saturated heterocycles. The fourth-order valence-corrected chi connectivity index (χ4v) is 5.13. The van der Waals surface area contributed by atoms with Gasteiger partial charge >= 0.3 is 6.18 Å². The minimum absolute atomic E-state index is 0.103. The van der Waals surface area contributed by atoms with Crippen LogP contribution < -0.4 is 4.74 Å². The molecule has 0 bridgehead atoms. The van der Waals surface area contributed by atoms with Gasteiger partial charge in [0.2, 0.25) is 0 Å². The van der Waals surface area contributed by atoms with E-state index in [0.29, 0.717) is 61.1 Å². The predicted molar refractivity (Wildman–Crippen MR) is 149 cm³/mol. The Labute approximate surface area is 247 Å². The molecule has 0 saturated carbocycles. The molecule has 0 radical (unpaired) electrons. The summed E-state index contributed by atoms with van der Waals surface area (Å²) in [7, 11) is 0. The van der Waals surface area contributed by atoms with Crippen LogP contribution in [0, 0.1) is 17.5 Å². The molecule has 0 atom stereocenters. The summed E-state index contributed by atoms with van der Waals surface area (Å²) >= 11 is 0. The van der Waals surface area contributed by atoms with Crippen LogP contribution in [-0.4, -0.2) is 46.9 Å². The summed E-state index contributed by atoms with van der Waals surface area (Å²) < 4.78 is 96.5. The summed E-state index contributed by atoms with van der Waals surface area (Å²) in [6, 6.07) is 17.5. The Bertz CT molecular complexity index is 1820. The molecule has 1 aromatic heterocycles. The van der Waals surface area contributed by atoms with Crippen molar-refractivity contribution in [2.24, 2.45) is 0 Å². The average Bonchev–Trinajstić information content (AvgIpc) is 3.37. The summed E-state index contributed by atoms with van der Waals surface area (Å²) in [5.74, 6) is -2.90. The first-order valence-electron chi connectivity index (χ1n) is 13.5. The van der Waals surface area contributed by atoms with E-state index in [9.17, 15) is 31.1 Å². The van der Waals surface area contributed by atoms with Crippen molar-refractivity contribution >= 4 is 16.8 Å². The SMILES string of the molecule is O=C(c1cccc(Oc2ccc(-c3c4cccc(C(F)(F)F)c4nn3Cc3c(F)cc(F)cc3F)cc2)c1)N1CCOCC1. The Kier molecular flexibility index (Phi) is 7.76. The molecule has 0 N–H and O–H groups in total. The van der Waals surface area contributed by atoms with Crippen LogP contribution in [0.3, 0.4) is 0 Å². The second-order valence-electron chi connectivity index (χ2n) is 10.1. The minimum Gasteiger partial charge on any atom is -0.457 e. The van der Waals surface area contributed by atoms with Crippen LogP contribution in [0.25, 0.3) is 22.2 Å². The lowest BCUT2D eigenvalue weighted by molar-refractivity contribution is -0.136. The summed E-state index contributed by atoms with van der Waals surface area (Å²) in [5.41, 5.74) is -0.976. The molecule has 2 heterocycles. The van der Waals surface area contributed by atoms with Gasteiger partial charge in [-0.2, -0.15) is 18.3 Å². The molecule has 0 unspecified atom stereocenters. The second kappa shape index (κ2) is 11.7. The van der Waals surface area contributed by atoms with Crippen molar-refractivity contribution in [3.8, 4) is 22.8 Å². The number of halogens is 6. The fourth-order valence-electron chi connectivity index (χ4n) is 5.13. The van der Waals surface area contributed by atoms with Crippen LogP contribution in [0.15, 0.2) is 78.9 Å². The molecule has 1 fully saturated rings. The third kappa shape index (κ3) is 5.85. The lowest BCUT2D eigenvalue weighted by Crippen LogP contribution is -2.40. The Morgan fingerprint density at radius 1 is 0.864 bits per heavy atom. The normalized spacial score (nSPS) is 13.8. The van der Waals surface area contributed by atoms with Gasteiger partial charge in [-0.3, -0.25) is 9.48 Å². The Morgan fingerprint density at radius 3 is 2.23 bits per heavy atom. The fraction of sp³-hybridized carbons (Fsp3) is 0.188. The van der Waals surface area contributed by atoms with E-state index >= 15 is 0 Å². The van der Waals surface area contributed by atoms with Crippen LogP contribution in [0.5, 0.6) is 11.5 Å². The number of fused-ring (bicyclic) bond motifs is 1. The van der Waals surface area contributed by atoms with E-state index in [1.807, 2.05) is 0 Å². The highest BCUT2D eigenvalue weighted by Gasteiger charge is 2.35. The molecular weight excluding hydrogens is 588 g/mol. The van der Waals surface area contributed by atoms with Crippen LogP contribution in [0.2, 0.25) is 0 Å². The molecule has 4 aromatic carbocycles. The number of amides is 1. The number of benzene rings is 4. The molecule has 6 nitrogen and oxygen atoms in total. The predicted octanol–water partition coefficient (Wildman–Crippen LogP) is 7.45. The van der Waals surface area contributed by atoms with E-state index in [2.05, 4.69) is 5.10 Å². The first kappa shape index (κ1) is 29.2. The van der Waals surface area contributed by atoms with Crippen molar-refractivity contribution in [2.75, 3.05) is 26.3 Å². The maximum Gasteiger partial charge on any atom is 0.418 e. The number of morpholine rings is 1. The largest absolute Gasteiger partial charge is 0.457 e. The molecule has 12 heteroatoms. The summed E-state index contributed by atoms with van der Waals surface area (Å²) in [5, 5.41) is 4.21. The van der Waals surface area contributed by atoms with Crippen LogP contribution >= 0.6 is 0 Å². The first-order chi connectivity index (χ1) is 21.1. The maximum absolute atomic E-state index is 14.6. The van der Waals surface area contributed by atoms with E-state index in [1.54, 1.807) is 53.4 Å². The van der Waals surface area contributed by atoms with E-state index in [1.165, 1.54) is 12.1 Å². The Hall–Kier alpha value is -4.84. The Morgan fingerprint density at radius 2 is 1.55 bits per heavy atom. The molecule has 0 spiro atoms. The highest BCUT2D eigenvalue weighted by molar-refractivity contribution is 5.96. The number of carbonyl (C=O) groups excluding carboxylic acids is 1. The van der Waals surface area contributed by atoms with Crippen LogP contribution in [0.4, 0.5) is 26.3 Å². The molecule has 0 aliphatic carbocycles. The second-order valence-corrected chi connectivity index (χ2v) is 10.1. The van der Waals surface area contributed by atoms with Crippen LogP contribution in [0.1, 0.15) is 21.5 Å². The number of hydrogen-bond acceptors (Lipinski definition) is 4. The standard InChI is InChI=1S/C32H23F6N3O3/c33-21-16-27(34)25(28(35)17-21)18-41-30(24-5-2-6-26(29(24)39-41)32(36,37)38)19-7-9-22(10-8-19)44-23-4-1-3-20(15-23)31(42)40-11-13-43-14-12-40/h1-10,15-17H,11-14,18H2.